The molecule has 0 spiro atoms. The van der Waals surface area contributed by atoms with E-state index in [4.69, 9.17) is 21.4 Å². The number of carboxylic acids is 1. The Bertz CT molecular complexity index is 611. The molecule has 0 saturated carbocycles. The highest BCUT2D eigenvalue weighted by Crippen LogP contribution is 2.27. The topological polar surface area (TPSA) is 58.6 Å². The number of methoxy groups -OCH3 is 1. The summed E-state index contributed by atoms with van der Waals surface area (Å²) in [5.74, 6) is -0.210. The summed E-state index contributed by atoms with van der Waals surface area (Å²) in [6, 6.07) is 12.0. The number of nitrogens with one attached hydrogen (secondary N) is 1. The Labute approximate surface area is 122 Å². The van der Waals surface area contributed by atoms with Gasteiger partial charge in [-0.25, -0.2) is 4.79 Å². The first-order valence-electron chi connectivity index (χ1n) is 6.00. The van der Waals surface area contributed by atoms with Crippen molar-refractivity contribution in [2.75, 3.05) is 12.4 Å². The molecule has 0 aromatic heterocycles. The van der Waals surface area contributed by atoms with Crippen LogP contribution in [0.15, 0.2) is 42.5 Å². The fourth-order valence-electron chi connectivity index (χ4n) is 1.73. The summed E-state index contributed by atoms with van der Waals surface area (Å²) in [6.07, 6.45) is 0. The second kappa shape index (κ2) is 6.30. The smallest absolute Gasteiger partial charge is 0.335 e. The standard InChI is InChI=1S/C15H14ClNO3/c1-20-12-6-7-13(16)14(8-12)17-9-10-2-4-11(5-3-10)15(18)19/h2-8,17H,9H2,1H3,(H,18,19). The third-order valence-electron chi connectivity index (χ3n) is 2.86. The first-order chi connectivity index (χ1) is 9.60. The van der Waals surface area contributed by atoms with Crippen LogP contribution >= 0.6 is 11.6 Å². The van der Waals surface area contributed by atoms with Gasteiger partial charge >= 0.3 is 5.97 Å². The number of hydrogen-bond donors (Lipinski definition) is 2. The predicted octanol–water partition coefficient (Wildman–Crippen LogP) is 3.66. The molecule has 0 heterocycles. The Kier molecular flexibility index (Phi) is 4.48. The van der Waals surface area contributed by atoms with Gasteiger partial charge in [0.05, 0.1) is 23.4 Å². The first kappa shape index (κ1) is 14.2. The number of carboxylic acid groups (broad SMARTS) is 1. The van der Waals surface area contributed by atoms with E-state index < -0.39 is 5.97 Å². The number of rotatable bonds is 5. The van der Waals surface area contributed by atoms with Crippen molar-refractivity contribution >= 4 is 23.3 Å². The van der Waals surface area contributed by atoms with Crippen LogP contribution in [-0.2, 0) is 6.54 Å². The SMILES string of the molecule is COc1ccc(Cl)c(NCc2ccc(C(=O)O)cc2)c1. The van der Waals surface area contributed by atoms with Crippen LogP contribution in [0.5, 0.6) is 5.75 Å². The normalized spacial score (nSPS) is 10.1. The van der Waals surface area contributed by atoms with Gasteiger partial charge in [-0.1, -0.05) is 23.7 Å². The summed E-state index contributed by atoms with van der Waals surface area (Å²) in [7, 11) is 1.59. The van der Waals surface area contributed by atoms with Gasteiger partial charge in [-0.05, 0) is 29.8 Å². The van der Waals surface area contributed by atoms with E-state index in [0.29, 0.717) is 11.6 Å². The summed E-state index contributed by atoms with van der Waals surface area (Å²) in [5, 5.41) is 12.6. The Hall–Kier alpha value is -2.20. The fraction of sp³-hybridized carbons (Fsp3) is 0.133. The number of hydrogen-bond acceptors (Lipinski definition) is 3. The number of benzene rings is 2. The minimum atomic E-state index is -0.930. The third-order valence-corrected chi connectivity index (χ3v) is 3.19. The van der Waals surface area contributed by atoms with E-state index in [1.807, 2.05) is 6.07 Å². The van der Waals surface area contributed by atoms with Gasteiger partial charge in [-0.3, -0.25) is 0 Å². The van der Waals surface area contributed by atoms with Gasteiger partial charge < -0.3 is 15.2 Å². The van der Waals surface area contributed by atoms with Crippen molar-refractivity contribution in [3.8, 4) is 5.75 Å². The van der Waals surface area contributed by atoms with Crippen LogP contribution in [0.25, 0.3) is 0 Å². The van der Waals surface area contributed by atoms with Crippen molar-refractivity contribution in [1.29, 1.82) is 0 Å². The molecule has 0 aliphatic rings. The molecule has 20 heavy (non-hydrogen) atoms. The quantitative estimate of drug-likeness (QED) is 0.882. The molecule has 5 heteroatoms. The Balaban J connectivity index is 2.06. The van der Waals surface area contributed by atoms with E-state index >= 15 is 0 Å². The molecule has 2 aromatic rings. The first-order valence-corrected chi connectivity index (χ1v) is 6.37. The lowest BCUT2D eigenvalue weighted by Crippen LogP contribution is -2.01. The average molecular weight is 292 g/mol. The van der Waals surface area contributed by atoms with Crippen molar-refractivity contribution in [1.82, 2.24) is 0 Å². The van der Waals surface area contributed by atoms with Crippen molar-refractivity contribution in [2.24, 2.45) is 0 Å². The monoisotopic (exact) mass is 291 g/mol. The third kappa shape index (κ3) is 3.42. The van der Waals surface area contributed by atoms with Gasteiger partial charge in [0.25, 0.3) is 0 Å². The van der Waals surface area contributed by atoms with Crippen molar-refractivity contribution in [2.45, 2.75) is 6.54 Å². The van der Waals surface area contributed by atoms with Gasteiger partial charge in [0.2, 0.25) is 0 Å². The van der Waals surface area contributed by atoms with Gasteiger partial charge in [0.1, 0.15) is 5.75 Å². The van der Waals surface area contributed by atoms with Crippen LogP contribution in [0.1, 0.15) is 15.9 Å². The summed E-state index contributed by atoms with van der Waals surface area (Å²) >= 11 is 6.09. The molecule has 4 nitrogen and oxygen atoms in total. The van der Waals surface area contributed by atoms with Crippen LogP contribution in [0, 0.1) is 0 Å². The largest absolute Gasteiger partial charge is 0.497 e. The summed E-state index contributed by atoms with van der Waals surface area (Å²) < 4.78 is 5.14. The van der Waals surface area contributed by atoms with E-state index in [1.165, 1.54) is 0 Å². The average Bonchev–Trinajstić information content (AvgIpc) is 2.47. The zero-order valence-electron chi connectivity index (χ0n) is 10.9. The number of halogens is 1. The van der Waals surface area contributed by atoms with E-state index in [-0.39, 0.29) is 5.56 Å². The van der Waals surface area contributed by atoms with Crippen molar-refractivity contribution in [3.05, 3.63) is 58.6 Å². The van der Waals surface area contributed by atoms with Gasteiger partial charge in [0, 0.05) is 12.6 Å². The molecule has 2 aromatic carbocycles. The van der Waals surface area contributed by atoms with Crippen LogP contribution in [0.2, 0.25) is 5.02 Å². The molecule has 0 radical (unpaired) electrons. The lowest BCUT2D eigenvalue weighted by Gasteiger charge is -2.10. The second-order valence-electron chi connectivity index (χ2n) is 4.20. The molecule has 0 aliphatic heterocycles. The zero-order valence-corrected chi connectivity index (χ0v) is 11.6. The highest BCUT2D eigenvalue weighted by Gasteiger charge is 2.04. The maximum atomic E-state index is 10.8. The Morgan fingerprint density at radius 1 is 1.25 bits per heavy atom. The van der Waals surface area contributed by atoms with Gasteiger partial charge in [0.15, 0.2) is 0 Å². The molecule has 0 amide bonds. The summed E-state index contributed by atoms with van der Waals surface area (Å²) in [5.41, 5.74) is 2.01. The van der Waals surface area contributed by atoms with Crippen LogP contribution in [0.3, 0.4) is 0 Å². The highest BCUT2D eigenvalue weighted by atomic mass is 35.5. The molecular weight excluding hydrogens is 278 g/mol. The van der Waals surface area contributed by atoms with Crippen molar-refractivity contribution < 1.29 is 14.6 Å². The number of ether oxygens (including phenoxy) is 1. The molecule has 0 unspecified atom stereocenters. The van der Waals surface area contributed by atoms with Gasteiger partial charge in [-0.2, -0.15) is 0 Å². The molecule has 2 N–H and O–H groups in total. The maximum Gasteiger partial charge on any atom is 0.335 e. The zero-order chi connectivity index (χ0) is 14.5. The van der Waals surface area contributed by atoms with E-state index in [2.05, 4.69) is 5.32 Å². The summed E-state index contributed by atoms with van der Waals surface area (Å²) in [4.78, 5) is 10.8. The molecule has 0 atom stereocenters. The highest BCUT2D eigenvalue weighted by molar-refractivity contribution is 6.33. The van der Waals surface area contributed by atoms with E-state index in [9.17, 15) is 4.79 Å². The minimum absolute atomic E-state index is 0.271. The molecular formula is C15H14ClNO3. The number of carbonyl (C=O) groups is 1. The van der Waals surface area contributed by atoms with E-state index in [0.717, 1.165) is 17.0 Å². The van der Waals surface area contributed by atoms with E-state index in [1.54, 1.807) is 43.5 Å². The van der Waals surface area contributed by atoms with Crippen molar-refractivity contribution in [3.63, 3.8) is 0 Å². The molecule has 104 valence electrons. The molecule has 0 saturated heterocycles. The van der Waals surface area contributed by atoms with Crippen LogP contribution < -0.4 is 10.1 Å². The molecule has 0 fully saturated rings. The van der Waals surface area contributed by atoms with Crippen LogP contribution in [0.4, 0.5) is 5.69 Å². The number of aromatic carboxylic acids is 1. The molecule has 0 aliphatic carbocycles. The second-order valence-corrected chi connectivity index (χ2v) is 4.61. The fourth-order valence-corrected chi connectivity index (χ4v) is 1.91. The molecule has 2 rings (SSSR count). The Morgan fingerprint density at radius 2 is 1.95 bits per heavy atom. The lowest BCUT2D eigenvalue weighted by molar-refractivity contribution is 0.0697. The summed E-state index contributed by atoms with van der Waals surface area (Å²) in [6.45, 7) is 0.548. The molecule has 0 bridgehead atoms. The van der Waals surface area contributed by atoms with Gasteiger partial charge in [-0.15, -0.1) is 0 Å². The predicted molar refractivity (Wildman–Crippen MR) is 78.7 cm³/mol. The minimum Gasteiger partial charge on any atom is -0.497 e. The number of anilines is 1. The Morgan fingerprint density at radius 3 is 2.55 bits per heavy atom. The maximum absolute atomic E-state index is 10.8. The van der Waals surface area contributed by atoms with Crippen LogP contribution in [-0.4, -0.2) is 18.2 Å². The lowest BCUT2D eigenvalue weighted by atomic mass is 10.1.